The van der Waals surface area contributed by atoms with Crippen LogP contribution in [0.15, 0.2) is 24.4 Å². The summed E-state index contributed by atoms with van der Waals surface area (Å²) >= 11 is 0. The van der Waals surface area contributed by atoms with E-state index in [9.17, 15) is 19.7 Å². The van der Waals surface area contributed by atoms with Crippen molar-refractivity contribution in [1.29, 1.82) is 0 Å². The molecule has 0 bridgehead atoms. The number of carbonyl (C=O) groups excluding carboxylic acids is 1. The number of non-ortho nitro benzene ring substituents is 1. The van der Waals surface area contributed by atoms with Crippen LogP contribution in [0.1, 0.15) is 42.5 Å². The number of aromatic nitrogens is 1. The number of aromatic amines is 1. The third kappa shape index (κ3) is 2.94. The molecule has 0 spiro atoms. The van der Waals surface area contributed by atoms with Gasteiger partial charge in [-0.1, -0.05) is 12.8 Å². The van der Waals surface area contributed by atoms with Crippen LogP contribution in [0.5, 0.6) is 0 Å². The molecule has 0 radical (unpaired) electrons. The van der Waals surface area contributed by atoms with E-state index >= 15 is 0 Å². The van der Waals surface area contributed by atoms with Crippen LogP contribution in [0.2, 0.25) is 0 Å². The zero-order valence-corrected chi connectivity index (χ0v) is 12.9. The number of nitrogens with zero attached hydrogens (tertiary/aromatic N) is 1. The van der Waals surface area contributed by atoms with Crippen LogP contribution in [0.3, 0.4) is 0 Å². The van der Waals surface area contributed by atoms with E-state index in [0.717, 1.165) is 12.8 Å². The fourth-order valence-corrected chi connectivity index (χ4v) is 3.41. The number of aliphatic carboxylic acids is 1. The number of carboxylic acids is 1. The lowest BCUT2D eigenvalue weighted by molar-refractivity contribution is -0.384. The maximum atomic E-state index is 12.6. The number of carboxylic acid groups (broad SMARTS) is 1. The zero-order valence-electron chi connectivity index (χ0n) is 12.9. The number of carbonyl (C=O) groups is 2. The molecule has 1 amide bonds. The summed E-state index contributed by atoms with van der Waals surface area (Å²) < 4.78 is 0. The van der Waals surface area contributed by atoms with Crippen LogP contribution in [0, 0.1) is 10.1 Å². The molecule has 8 nitrogen and oxygen atoms in total. The largest absolute Gasteiger partial charge is 0.481 e. The van der Waals surface area contributed by atoms with Crippen LogP contribution in [-0.4, -0.2) is 32.4 Å². The van der Waals surface area contributed by atoms with Gasteiger partial charge in [-0.15, -0.1) is 0 Å². The molecule has 1 fully saturated rings. The molecule has 1 aromatic heterocycles. The number of benzene rings is 1. The second-order valence-corrected chi connectivity index (χ2v) is 6.20. The fourth-order valence-electron chi connectivity index (χ4n) is 3.41. The topological polar surface area (TPSA) is 125 Å². The molecule has 1 aliphatic rings. The second kappa shape index (κ2) is 5.95. The third-order valence-corrected chi connectivity index (χ3v) is 4.55. The number of rotatable bonds is 5. The molecule has 3 rings (SSSR count). The van der Waals surface area contributed by atoms with E-state index in [1.165, 1.54) is 18.3 Å². The Bertz CT molecular complexity index is 820. The molecular weight excluding hydrogens is 314 g/mol. The van der Waals surface area contributed by atoms with Crippen LogP contribution >= 0.6 is 0 Å². The van der Waals surface area contributed by atoms with Crippen molar-refractivity contribution in [3.8, 4) is 0 Å². The lowest BCUT2D eigenvalue weighted by Gasteiger charge is -2.28. The van der Waals surface area contributed by atoms with Gasteiger partial charge in [-0.25, -0.2) is 0 Å². The first kappa shape index (κ1) is 16.0. The Balaban J connectivity index is 1.92. The lowest BCUT2D eigenvalue weighted by Crippen LogP contribution is -2.47. The number of fused-ring (bicyclic) bond motifs is 1. The van der Waals surface area contributed by atoms with E-state index in [4.69, 9.17) is 5.11 Å². The molecule has 0 atom stereocenters. The lowest BCUT2D eigenvalue weighted by atomic mass is 9.92. The highest BCUT2D eigenvalue weighted by Crippen LogP contribution is 2.33. The zero-order chi connectivity index (χ0) is 17.3. The van der Waals surface area contributed by atoms with Crippen molar-refractivity contribution in [2.24, 2.45) is 0 Å². The predicted octanol–water partition coefficient (Wildman–Crippen LogP) is 2.59. The quantitative estimate of drug-likeness (QED) is 0.573. The number of hydrogen-bond acceptors (Lipinski definition) is 4. The fraction of sp³-hybridized carbons (Fsp3) is 0.375. The highest BCUT2D eigenvalue weighted by atomic mass is 16.6. The Kier molecular flexibility index (Phi) is 3.96. The summed E-state index contributed by atoms with van der Waals surface area (Å²) in [7, 11) is 0. The number of nitrogens with one attached hydrogen (secondary N) is 2. The van der Waals surface area contributed by atoms with E-state index in [1.54, 1.807) is 6.07 Å². The van der Waals surface area contributed by atoms with Crippen LogP contribution in [0.25, 0.3) is 10.9 Å². The van der Waals surface area contributed by atoms with Crippen LogP contribution < -0.4 is 5.32 Å². The smallest absolute Gasteiger partial charge is 0.305 e. The Morgan fingerprint density at radius 1 is 1.33 bits per heavy atom. The summed E-state index contributed by atoms with van der Waals surface area (Å²) in [6.45, 7) is 0. The van der Waals surface area contributed by atoms with Crippen LogP contribution in [0.4, 0.5) is 5.69 Å². The molecule has 0 aliphatic heterocycles. The van der Waals surface area contributed by atoms with Gasteiger partial charge >= 0.3 is 5.97 Å². The molecule has 0 unspecified atom stereocenters. The standard InChI is InChI=1S/C16H17N3O5/c20-14(21)8-16(5-1-2-6-16)18-15(22)12-9-17-13-4-3-10(19(23)24)7-11(12)13/h3-4,7,9,17H,1-2,5-6,8H2,(H,18,22)(H,20,21). The van der Waals surface area contributed by atoms with E-state index < -0.39 is 22.3 Å². The van der Waals surface area contributed by atoms with E-state index in [-0.39, 0.29) is 17.7 Å². The van der Waals surface area contributed by atoms with Gasteiger partial charge in [0.25, 0.3) is 11.6 Å². The molecule has 1 saturated carbocycles. The van der Waals surface area contributed by atoms with Gasteiger partial charge in [-0.3, -0.25) is 19.7 Å². The molecule has 24 heavy (non-hydrogen) atoms. The molecule has 126 valence electrons. The van der Waals surface area contributed by atoms with Crippen molar-refractivity contribution in [1.82, 2.24) is 10.3 Å². The SMILES string of the molecule is O=C(O)CC1(NC(=O)c2c[nH]c3ccc([N+](=O)[O-])cc23)CCCC1. The third-order valence-electron chi connectivity index (χ3n) is 4.55. The van der Waals surface area contributed by atoms with Crippen molar-refractivity contribution in [2.75, 3.05) is 0 Å². The van der Waals surface area contributed by atoms with Gasteiger partial charge in [0.05, 0.1) is 22.4 Å². The van der Waals surface area contributed by atoms with E-state index in [1.807, 2.05) is 0 Å². The van der Waals surface area contributed by atoms with Gasteiger partial charge in [0.1, 0.15) is 0 Å². The summed E-state index contributed by atoms with van der Waals surface area (Å²) in [4.78, 5) is 37.1. The van der Waals surface area contributed by atoms with Gasteiger partial charge < -0.3 is 15.4 Å². The number of amides is 1. The van der Waals surface area contributed by atoms with Crippen molar-refractivity contribution in [2.45, 2.75) is 37.6 Å². The average molecular weight is 331 g/mol. The number of H-pyrrole nitrogens is 1. The first-order chi connectivity index (χ1) is 11.4. The summed E-state index contributed by atoms with van der Waals surface area (Å²) in [6, 6.07) is 4.26. The Labute approximate surface area is 137 Å². The van der Waals surface area contributed by atoms with Gasteiger partial charge in [-0.2, -0.15) is 0 Å². The molecule has 2 aromatic rings. The Morgan fingerprint density at radius 2 is 2.04 bits per heavy atom. The van der Waals surface area contributed by atoms with E-state index in [2.05, 4.69) is 10.3 Å². The van der Waals surface area contributed by atoms with Gasteiger partial charge in [0, 0.05) is 29.2 Å². The van der Waals surface area contributed by atoms with Crippen LogP contribution in [-0.2, 0) is 4.79 Å². The maximum Gasteiger partial charge on any atom is 0.305 e. The minimum absolute atomic E-state index is 0.0998. The molecule has 1 aliphatic carbocycles. The summed E-state index contributed by atoms with van der Waals surface area (Å²) in [5.74, 6) is -1.36. The monoisotopic (exact) mass is 331 g/mol. The average Bonchev–Trinajstić information content (AvgIpc) is 3.12. The first-order valence-corrected chi connectivity index (χ1v) is 7.70. The predicted molar refractivity (Wildman–Crippen MR) is 85.9 cm³/mol. The van der Waals surface area contributed by atoms with Crippen molar-refractivity contribution in [3.05, 3.63) is 40.1 Å². The minimum atomic E-state index is -0.952. The normalized spacial score (nSPS) is 16.2. The Morgan fingerprint density at radius 3 is 2.67 bits per heavy atom. The van der Waals surface area contributed by atoms with Gasteiger partial charge in [0.15, 0.2) is 0 Å². The molecule has 8 heteroatoms. The summed E-state index contributed by atoms with van der Waals surface area (Å²) in [5, 5.41) is 23.4. The van der Waals surface area contributed by atoms with Gasteiger partial charge in [-0.05, 0) is 18.9 Å². The van der Waals surface area contributed by atoms with Gasteiger partial charge in [0.2, 0.25) is 0 Å². The molecule has 1 heterocycles. The number of hydrogen-bond donors (Lipinski definition) is 3. The summed E-state index contributed by atoms with van der Waals surface area (Å²) in [6.07, 6.45) is 4.34. The first-order valence-electron chi connectivity index (χ1n) is 7.70. The highest BCUT2D eigenvalue weighted by molar-refractivity contribution is 6.07. The Hall–Kier alpha value is -2.90. The molecule has 0 saturated heterocycles. The second-order valence-electron chi connectivity index (χ2n) is 6.20. The number of nitro groups is 1. The molecule has 1 aromatic carbocycles. The highest BCUT2D eigenvalue weighted by Gasteiger charge is 2.38. The molecular formula is C16H17N3O5. The number of nitro benzene ring substituents is 1. The minimum Gasteiger partial charge on any atom is -0.481 e. The van der Waals surface area contributed by atoms with Crippen molar-refractivity contribution >= 4 is 28.5 Å². The van der Waals surface area contributed by atoms with E-state index in [0.29, 0.717) is 23.7 Å². The van der Waals surface area contributed by atoms with Crippen molar-refractivity contribution in [3.63, 3.8) is 0 Å². The maximum absolute atomic E-state index is 12.6. The summed E-state index contributed by atoms with van der Waals surface area (Å²) in [5.41, 5.74) is 0.0554. The molecule has 3 N–H and O–H groups in total. The van der Waals surface area contributed by atoms with Crippen molar-refractivity contribution < 1.29 is 19.6 Å².